The van der Waals surface area contributed by atoms with E-state index < -0.39 is 0 Å². The number of hydrogen-bond acceptors (Lipinski definition) is 4. The number of fused-ring (bicyclic) bond motifs is 2. The third-order valence-electron chi connectivity index (χ3n) is 7.58. The highest BCUT2D eigenvalue weighted by Crippen LogP contribution is 2.66. The molecule has 0 amide bonds. The second-order valence-electron chi connectivity index (χ2n) is 8.82. The van der Waals surface area contributed by atoms with E-state index in [2.05, 4.69) is 37.5 Å². The quantitative estimate of drug-likeness (QED) is 0.813. The molecule has 0 aromatic heterocycles. The molecule has 3 rings (SSSR count). The number of piperazine rings is 1. The van der Waals surface area contributed by atoms with Gasteiger partial charge >= 0.3 is 0 Å². The van der Waals surface area contributed by atoms with E-state index >= 15 is 0 Å². The number of likely N-dealkylation sites (N-methyl/N-ethyl adjacent to an activating group) is 1. The second kappa shape index (κ2) is 6.62. The first-order valence-corrected chi connectivity index (χ1v) is 9.61. The largest absolute Gasteiger partial charge is 0.389 e. The standard InChI is InChI=1S/C19H36N2O2/c1-5-20-8-10-21(11-9-20)13-16(22)14-23-17-12-15-6-7-19(17,4)18(15,2)3/h15-17,22H,5-14H2,1-4H3/t15-,16-,17-,19-/m0/s1. The molecule has 2 aliphatic carbocycles. The summed E-state index contributed by atoms with van der Waals surface area (Å²) in [7, 11) is 0. The minimum absolute atomic E-state index is 0.296. The predicted molar refractivity (Wildman–Crippen MR) is 93.5 cm³/mol. The van der Waals surface area contributed by atoms with Crippen LogP contribution in [0.1, 0.15) is 47.0 Å². The van der Waals surface area contributed by atoms with Crippen LogP contribution < -0.4 is 0 Å². The Kier molecular flexibility index (Phi) is 5.09. The summed E-state index contributed by atoms with van der Waals surface area (Å²) in [6, 6.07) is 0. The van der Waals surface area contributed by atoms with Crippen LogP contribution in [-0.2, 0) is 4.74 Å². The van der Waals surface area contributed by atoms with E-state index in [1.807, 2.05) is 0 Å². The van der Waals surface area contributed by atoms with Crippen molar-refractivity contribution < 1.29 is 9.84 Å². The van der Waals surface area contributed by atoms with Crippen LogP contribution in [0.4, 0.5) is 0 Å². The first kappa shape index (κ1) is 17.7. The normalized spacial score (nSPS) is 39.0. The molecule has 134 valence electrons. The predicted octanol–water partition coefficient (Wildman–Crippen LogP) is 2.22. The van der Waals surface area contributed by atoms with Crippen LogP contribution in [-0.4, -0.2) is 73.0 Å². The second-order valence-corrected chi connectivity index (χ2v) is 8.82. The zero-order valence-electron chi connectivity index (χ0n) is 15.6. The van der Waals surface area contributed by atoms with Gasteiger partial charge in [-0.2, -0.15) is 0 Å². The van der Waals surface area contributed by atoms with E-state index in [0.29, 0.717) is 23.5 Å². The molecule has 4 atom stereocenters. The number of β-amino-alcohol motifs (C(OH)–C–C–N with tert-alkyl or cyclic N) is 1. The van der Waals surface area contributed by atoms with Gasteiger partial charge in [0.15, 0.2) is 0 Å². The molecule has 0 radical (unpaired) electrons. The van der Waals surface area contributed by atoms with Gasteiger partial charge in [-0.3, -0.25) is 4.90 Å². The maximum Gasteiger partial charge on any atom is 0.0900 e. The molecule has 4 heteroatoms. The number of rotatable bonds is 6. The van der Waals surface area contributed by atoms with Crippen LogP contribution >= 0.6 is 0 Å². The van der Waals surface area contributed by atoms with E-state index in [4.69, 9.17) is 4.74 Å². The van der Waals surface area contributed by atoms with Gasteiger partial charge in [-0.25, -0.2) is 0 Å². The minimum Gasteiger partial charge on any atom is -0.389 e. The highest BCUT2D eigenvalue weighted by atomic mass is 16.5. The zero-order valence-corrected chi connectivity index (χ0v) is 15.6. The maximum absolute atomic E-state index is 10.4. The third kappa shape index (κ3) is 3.20. The minimum atomic E-state index is -0.353. The highest BCUT2D eigenvalue weighted by Gasteiger charge is 2.61. The Bertz CT molecular complexity index is 406. The molecule has 0 aromatic carbocycles. The molecule has 1 aliphatic heterocycles. The Hall–Kier alpha value is -0.160. The summed E-state index contributed by atoms with van der Waals surface area (Å²) in [6.07, 6.45) is 3.81. The Morgan fingerprint density at radius 2 is 1.78 bits per heavy atom. The molecular formula is C19H36N2O2. The van der Waals surface area contributed by atoms with E-state index in [9.17, 15) is 5.11 Å². The van der Waals surface area contributed by atoms with Crippen LogP contribution in [0.5, 0.6) is 0 Å². The lowest BCUT2D eigenvalue weighted by Gasteiger charge is -2.39. The fourth-order valence-corrected chi connectivity index (χ4v) is 5.25. The zero-order chi connectivity index (χ0) is 16.7. The Morgan fingerprint density at radius 3 is 2.30 bits per heavy atom. The molecule has 23 heavy (non-hydrogen) atoms. The summed E-state index contributed by atoms with van der Waals surface area (Å²) < 4.78 is 6.23. The molecule has 0 aromatic rings. The summed E-state index contributed by atoms with van der Waals surface area (Å²) in [5.41, 5.74) is 0.684. The molecule has 1 N–H and O–H groups in total. The Balaban J connectivity index is 1.43. The van der Waals surface area contributed by atoms with Gasteiger partial charge in [-0.1, -0.05) is 27.7 Å². The summed E-state index contributed by atoms with van der Waals surface area (Å²) in [5, 5.41) is 10.4. The van der Waals surface area contributed by atoms with Crippen LogP contribution in [0.25, 0.3) is 0 Å². The number of aliphatic hydroxyl groups is 1. The molecule has 0 spiro atoms. The van der Waals surface area contributed by atoms with Gasteiger partial charge < -0.3 is 14.7 Å². The molecule has 1 saturated heterocycles. The van der Waals surface area contributed by atoms with Crippen LogP contribution in [0, 0.1) is 16.7 Å². The van der Waals surface area contributed by atoms with Crippen molar-refractivity contribution in [2.75, 3.05) is 45.9 Å². The summed E-state index contributed by atoms with van der Waals surface area (Å²) in [6.45, 7) is 16.2. The SMILES string of the molecule is CCN1CCN(C[C@H](O)CO[C@H]2C[C@@H]3CC[C@]2(C)C3(C)C)CC1. The van der Waals surface area contributed by atoms with E-state index in [1.165, 1.54) is 19.3 Å². The molecule has 3 aliphatic rings. The molecule has 1 heterocycles. The lowest BCUT2D eigenvalue weighted by Crippen LogP contribution is -2.49. The van der Waals surface area contributed by atoms with E-state index in [-0.39, 0.29) is 6.10 Å². The number of nitrogens with zero attached hydrogens (tertiary/aromatic N) is 2. The van der Waals surface area contributed by atoms with Gasteiger partial charge in [0.1, 0.15) is 0 Å². The van der Waals surface area contributed by atoms with E-state index in [0.717, 1.165) is 45.2 Å². The molecule has 4 nitrogen and oxygen atoms in total. The van der Waals surface area contributed by atoms with Gasteiger partial charge in [-0.05, 0) is 42.6 Å². The van der Waals surface area contributed by atoms with Crippen molar-refractivity contribution in [3.8, 4) is 0 Å². The van der Waals surface area contributed by atoms with Crippen molar-refractivity contribution in [2.24, 2.45) is 16.7 Å². The van der Waals surface area contributed by atoms with E-state index in [1.54, 1.807) is 0 Å². The number of aliphatic hydroxyl groups excluding tert-OH is 1. The summed E-state index contributed by atoms with van der Waals surface area (Å²) in [5.74, 6) is 0.803. The lowest BCUT2D eigenvalue weighted by molar-refractivity contribution is -0.0806. The smallest absolute Gasteiger partial charge is 0.0900 e. The Morgan fingerprint density at radius 1 is 1.13 bits per heavy atom. The maximum atomic E-state index is 10.4. The first-order chi connectivity index (χ1) is 10.9. The van der Waals surface area contributed by atoms with Crippen molar-refractivity contribution in [3.63, 3.8) is 0 Å². The molecule has 2 saturated carbocycles. The Labute approximate surface area is 142 Å². The molecular weight excluding hydrogens is 288 g/mol. The van der Waals surface area contributed by atoms with Crippen molar-refractivity contribution in [1.29, 1.82) is 0 Å². The van der Waals surface area contributed by atoms with Gasteiger partial charge in [0.25, 0.3) is 0 Å². The van der Waals surface area contributed by atoms with Crippen molar-refractivity contribution in [3.05, 3.63) is 0 Å². The molecule has 2 bridgehead atoms. The third-order valence-corrected chi connectivity index (χ3v) is 7.58. The van der Waals surface area contributed by atoms with Crippen LogP contribution in [0.15, 0.2) is 0 Å². The van der Waals surface area contributed by atoms with Crippen molar-refractivity contribution in [1.82, 2.24) is 9.80 Å². The highest BCUT2D eigenvalue weighted by molar-refractivity contribution is 5.11. The lowest BCUT2D eigenvalue weighted by atomic mass is 9.70. The molecule has 0 unspecified atom stereocenters. The average Bonchev–Trinajstić information content (AvgIpc) is 2.86. The number of hydrogen-bond donors (Lipinski definition) is 1. The van der Waals surface area contributed by atoms with Crippen molar-refractivity contribution in [2.45, 2.75) is 59.2 Å². The van der Waals surface area contributed by atoms with Gasteiger partial charge in [0, 0.05) is 32.7 Å². The monoisotopic (exact) mass is 324 g/mol. The molecule has 3 fully saturated rings. The van der Waals surface area contributed by atoms with Gasteiger partial charge in [-0.15, -0.1) is 0 Å². The summed E-state index contributed by atoms with van der Waals surface area (Å²) >= 11 is 0. The average molecular weight is 325 g/mol. The topological polar surface area (TPSA) is 35.9 Å². The van der Waals surface area contributed by atoms with Gasteiger partial charge in [0.05, 0.1) is 18.8 Å². The van der Waals surface area contributed by atoms with Crippen LogP contribution in [0.3, 0.4) is 0 Å². The fraction of sp³-hybridized carbons (Fsp3) is 1.00. The van der Waals surface area contributed by atoms with Gasteiger partial charge in [0.2, 0.25) is 0 Å². The van der Waals surface area contributed by atoms with Crippen LogP contribution in [0.2, 0.25) is 0 Å². The first-order valence-electron chi connectivity index (χ1n) is 9.61. The fourth-order valence-electron chi connectivity index (χ4n) is 5.25. The number of ether oxygens (including phenoxy) is 1. The van der Waals surface area contributed by atoms with Crippen molar-refractivity contribution >= 4 is 0 Å². The summed E-state index contributed by atoms with van der Waals surface area (Å²) in [4.78, 5) is 4.85.